The van der Waals surface area contributed by atoms with Crippen molar-refractivity contribution < 1.29 is 17.9 Å². The lowest BCUT2D eigenvalue weighted by Crippen LogP contribution is -2.17. The molecule has 0 bridgehead atoms. The number of ether oxygens (including phenoxy) is 1. The molecule has 0 atom stereocenters. The Morgan fingerprint density at radius 2 is 2.12 bits per heavy atom. The highest BCUT2D eigenvalue weighted by molar-refractivity contribution is 9.10. The van der Waals surface area contributed by atoms with Crippen LogP contribution in [0.2, 0.25) is 0 Å². The van der Waals surface area contributed by atoms with Crippen LogP contribution >= 0.6 is 15.9 Å². The van der Waals surface area contributed by atoms with Gasteiger partial charge < -0.3 is 10.1 Å². The van der Waals surface area contributed by atoms with Crippen LogP contribution in [0.3, 0.4) is 0 Å². The summed E-state index contributed by atoms with van der Waals surface area (Å²) < 4.78 is 40.0. The van der Waals surface area contributed by atoms with Gasteiger partial charge in [-0.3, -0.25) is 0 Å². The van der Waals surface area contributed by atoms with Gasteiger partial charge in [0.1, 0.15) is 5.75 Å². The fraction of sp³-hybridized carbons (Fsp3) is 0.273. The number of nitrogens with one attached hydrogen (secondary N) is 1. The average Bonchev–Trinajstić information content (AvgIpc) is 2.21. The molecule has 0 radical (unpaired) electrons. The first kappa shape index (κ1) is 13.9. The zero-order valence-corrected chi connectivity index (χ0v) is 10.2. The molecule has 2 nitrogen and oxygen atoms in total. The molecular formula is C11H9BrF3NO. The van der Waals surface area contributed by atoms with Crippen LogP contribution in [0.25, 0.3) is 0 Å². The van der Waals surface area contributed by atoms with E-state index in [4.69, 9.17) is 6.42 Å². The Balaban J connectivity index is 2.70. The lowest BCUT2D eigenvalue weighted by Gasteiger charge is -2.11. The molecule has 0 fully saturated rings. The van der Waals surface area contributed by atoms with E-state index in [1.165, 1.54) is 12.1 Å². The van der Waals surface area contributed by atoms with Crippen molar-refractivity contribution in [2.24, 2.45) is 0 Å². The molecule has 1 rings (SSSR count). The van der Waals surface area contributed by atoms with Gasteiger partial charge in [0.25, 0.3) is 0 Å². The third-order valence-electron chi connectivity index (χ3n) is 1.78. The maximum atomic E-state index is 12.0. The highest BCUT2D eigenvalue weighted by atomic mass is 79.9. The van der Waals surface area contributed by atoms with E-state index in [1.807, 2.05) is 0 Å². The minimum atomic E-state index is -4.69. The molecule has 0 aliphatic rings. The molecule has 0 unspecified atom stereocenters. The first-order valence-electron chi connectivity index (χ1n) is 4.61. The number of rotatable bonds is 4. The molecule has 0 amide bonds. The second-order valence-electron chi connectivity index (χ2n) is 3.12. The van der Waals surface area contributed by atoms with Crippen LogP contribution in [-0.4, -0.2) is 12.9 Å². The van der Waals surface area contributed by atoms with Gasteiger partial charge in [0, 0.05) is 6.54 Å². The Kier molecular flexibility index (Phi) is 4.85. The summed E-state index contributed by atoms with van der Waals surface area (Å²) in [4.78, 5) is 0. The predicted octanol–water partition coefficient (Wildman–Crippen LogP) is 3.07. The molecule has 0 aromatic heterocycles. The summed E-state index contributed by atoms with van der Waals surface area (Å²) in [6, 6.07) is 4.34. The minimum absolute atomic E-state index is 0.245. The second-order valence-corrected chi connectivity index (χ2v) is 3.97. The Labute approximate surface area is 105 Å². The van der Waals surface area contributed by atoms with Gasteiger partial charge in [-0.2, -0.15) is 0 Å². The molecule has 92 valence electrons. The number of hydrogen-bond acceptors (Lipinski definition) is 2. The van der Waals surface area contributed by atoms with E-state index in [-0.39, 0.29) is 10.2 Å². The topological polar surface area (TPSA) is 21.3 Å². The van der Waals surface area contributed by atoms with Crippen molar-refractivity contribution in [3.63, 3.8) is 0 Å². The Morgan fingerprint density at radius 1 is 1.41 bits per heavy atom. The minimum Gasteiger partial charge on any atom is -0.405 e. The van der Waals surface area contributed by atoms with E-state index in [2.05, 4.69) is 31.9 Å². The number of hydrogen-bond donors (Lipinski definition) is 1. The van der Waals surface area contributed by atoms with Crippen LogP contribution in [-0.2, 0) is 6.54 Å². The fourth-order valence-electron chi connectivity index (χ4n) is 1.14. The molecule has 0 saturated heterocycles. The fourth-order valence-corrected chi connectivity index (χ4v) is 1.65. The van der Waals surface area contributed by atoms with Crippen molar-refractivity contribution in [1.29, 1.82) is 0 Å². The van der Waals surface area contributed by atoms with Gasteiger partial charge in [-0.25, -0.2) is 0 Å². The summed E-state index contributed by atoms with van der Waals surface area (Å²) in [6.07, 6.45) is 0.361. The van der Waals surface area contributed by atoms with Crippen molar-refractivity contribution in [2.75, 3.05) is 6.54 Å². The number of halogens is 4. The van der Waals surface area contributed by atoms with Crippen LogP contribution in [0.15, 0.2) is 22.7 Å². The summed E-state index contributed by atoms with van der Waals surface area (Å²) in [7, 11) is 0. The lowest BCUT2D eigenvalue weighted by atomic mass is 10.2. The summed E-state index contributed by atoms with van der Waals surface area (Å²) in [5.74, 6) is 2.13. The summed E-state index contributed by atoms with van der Waals surface area (Å²) >= 11 is 3.02. The van der Waals surface area contributed by atoms with Gasteiger partial charge in [-0.1, -0.05) is 12.0 Å². The van der Waals surface area contributed by atoms with Crippen LogP contribution in [0.1, 0.15) is 5.56 Å². The molecule has 1 aromatic carbocycles. The first-order chi connectivity index (χ1) is 7.92. The van der Waals surface area contributed by atoms with Crippen molar-refractivity contribution in [3.05, 3.63) is 28.2 Å². The zero-order valence-electron chi connectivity index (χ0n) is 8.64. The highest BCUT2D eigenvalue weighted by Crippen LogP contribution is 2.30. The SMILES string of the molecule is C#CCNCc1ccc(OC(F)(F)F)c(Br)c1. The van der Waals surface area contributed by atoms with Crippen molar-refractivity contribution in [3.8, 4) is 18.1 Å². The molecule has 6 heteroatoms. The smallest absolute Gasteiger partial charge is 0.405 e. The molecule has 0 saturated carbocycles. The molecule has 17 heavy (non-hydrogen) atoms. The maximum absolute atomic E-state index is 12.0. The Hall–Kier alpha value is -1.19. The molecule has 1 aromatic rings. The summed E-state index contributed by atoms with van der Waals surface area (Å²) in [6.45, 7) is 0.882. The van der Waals surface area contributed by atoms with Crippen molar-refractivity contribution >= 4 is 15.9 Å². The van der Waals surface area contributed by atoms with Crippen molar-refractivity contribution in [1.82, 2.24) is 5.32 Å². The Morgan fingerprint density at radius 3 is 2.65 bits per heavy atom. The Bertz CT molecular complexity index is 426. The molecule has 0 spiro atoms. The van der Waals surface area contributed by atoms with Gasteiger partial charge >= 0.3 is 6.36 Å². The van der Waals surface area contributed by atoms with E-state index in [0.29, 0.717) is 13.1 Å². The second kappa shape index (κ2) is 5.94. The van der Waals surface area contributed by atoms with Crippen molar-refractivity contribution in [2.45, 2.75) is 12.9 Å². The van der Waals surface area contributed by atoms with Gasteiger partial charge in [0.15, 0.2) is 0 Å². The summed E-state index contributed by atoms with van der Waals surface area (Å²) in [5, 5.41) is 2.93. The third-order valence-corrected chi connectivity index (χ3v) is 2.40. The van der Waals surface area contributed by atoms with E-state index >= 15 is 0 Å². The largest absolute Gasteiger partial charge is 0.573 e. The predicted molar refractivity (Wildman–Crippen MR) is 61.4 cm³/mol. The zero-order chi connectivity index (χ0) is 12.9. The number of benzene rings is 1. The number of terminal acetylenes is 1. The van der Waals surface area contributed by atoms with Gasteiger partial charge in [0.05, 0.1) is 11.0 Å². The molecule has 0 aliphatic heterocycles. The van der Waals surface area contributed by atoms with E-state index in [9.17, 15) is 13.2 Å². The van der Waals surface area contributed by atoms with Gasteiger partial charge in [-0.15, -0.1) is 19.6 Å². The van der Waals surface area contributed by atoms with E-state index in [1.54, 1.807) is 6.07 Å². The van der Waals surface area contributed by atoms with E-state index < -0.39 is 6.36 Å². The van der Waals surface area contributed by atoms with Crippen LogP contribution < -0.4 is 10.1 Å². The van der Waals surface area contributed by atoms with Gasteiger partial charge in [-0.05, 0) is 33.6 Å². The third kappa shape index (κ3) is 5.11. The normalized spacial score (nSPS) is 11.0. The van der Waals surface area contributed by atoms with E-state index in [0.717, 1.165) is 5.56 Å². The molecule has 0 aliphatic carbocycles. The van der Waals surface area contributed by atoms with Crippen LogP contribution in [0.4, 0.5) is 13.2 Å². The maximum Gasteiger partial charge on any atom is 0.573 e. The lowest BCUT2D eigenvalue weighted by molar-refractivity contribution is -0.274. The van der Waals surface area contributed by atoms with Crippen LogP contribution in [0, 0.1) is 12.3 Å². The monoisotopic (exact) mass is 307 g/mol. The van der Waals surface area contributed by atoms with Crippen LogP contribution in [0.5, 0.6) is 5.75 Å². The molecule has 0 heterocycles. The molecular weight excluding hydrogens is 299 g/mol. The molecule has 1 N–H and O–H groups in total. The quantitative estimate of drug-likeness (QED) is 0.682. The average molecular weight is 308 g/mol. The van der Waals surface area contributed by atoms with Gasteiger partial charge in [0.2, 0.25) is 0 Å². The first-order valence-corrected chi connectivity index (χ1v) is 5.40. The summed E-state index contributed by atoms with van der Waals surface area (Å²) in [5.41, 5.74) is 0.807. The standard InChI is InChI=1S/C11H9BrF3NO/c1-2-5-16-7-8-3-4-10(9(12)6-8)17-11(13,14)15/h1,3-4,6,16H,5,7H2. The highest BCUT2D eigenvalue weighted by Gasteiger charge is 2.31. The number of alkyl halides is 3.